The van der Waals surface area contributed by atoms with E-state index in [1.807, 2.05) is 12.1 Å². The van der Waals surface area contributed by atoms with Gasteiger partial charge >= 0.3 is 0 Å². The van der Waals surface area contributed by atoms with Crippen molar-refractivity contribution in [3.05, 3.63) is 35.5 Å². The van der Waals surface area contributed by atoms with Gasteiger partial charge in [-0.25, -0.2) is 4.98 Å². The second-order valence-electron chi connectivity index (χ2n) is 5.12. The van der Waals surface area contributed by atoms with Crippen LogP contribution in [0.25, 0.3) is 10.9 Å². The molecule has 0 radical (unpaired) electrons. The van der Waals surface area contributed by atoms with E-state index in [-0.39, 0.29) is 5.75 Å². The average Bonchev–Trinajstić information content (AvgIpc) is 2.28. The first-order valence-corrected chi connectivity index (χ1v) is 6.13. The maximum atomic E-state index is 9.92. The summed E-state index contributed by atoms with van der Waals surface area (Å²) >= 11 is 0. The number of para-hydroxylation sites is 1. The Morgan fingerprint density at radius 1 is 1.06 bits per heavy atom. The van der Waals surface area contributed by atoms with Crippen LogP contribution < -0.4 is 0 Å². The summed E-state index contributed by atoms with van der Waals surface area (Å²) in [5, 5.41) is 11.0. The molecular weight excluding hydrogens is 210 g/mol. The fourth-order valence-electron chi connectivity index (χ4n) is 2.05. The van der Waals surface area contributed by atoms with Crippen molar-refractivity contribution in [3.8, 4) is 5.75 Å². The smallest absolute Gasteiger partial charge is 0.141 e. The number of phenolic OH excluding ortho intramolecular Hbond substituents is 1. The minimum absolute atomic E-state index is 0.270. The number of rotatable bonds is 2. The van der Waals surface area contributed by atoms with Gasteiger partial charge in [0.2, 0.25) is 0 Å². The highest BCUT2D eigenvalue weighted by Crippen LogP contribution is 2.31. The molecular formula is C15H19NO. The number of hydrogen-bond donors (Lipinski definition) is 1. The van der Waals surface area contributed by atoms with Crippen molar-refractivity contribution in [1.82, 2.24) is 4.98 Å². The number of benzene rings is 1. The van der Waals surface area contributed by atoms with Crippen LogP contribution in [-0.2, 0) is 0 Å². The fourth-order valence-corrected chi connectivity index (χ4v) is 2.05. The third kappa shape index (κ3) is 2.12. The van der Waals surface area contributed by atoms with E-state index in [0.717, 1.165) is 16.6 Å². The Bertz CT molecular complexity index is 544. The fraction of sp³-hybridized carbons (Fsp3) is 0.400. The zero-order valence-electron chi connectivity index (χ0n) is 10.9. The summed E-state index contributed by atoms with van der Waals surface area (Å²) < 4.78 is 0. The van der Waals surface area contributed by atoms with Crippen LogP contribution in [0.15, 0.2) is 24.3 Å². The summed E-state index contributed by atoms with van der Waals surface area (Å²) in [6.07, 6.45) is 0. The van der Waals surface area contributed by atoms with Crippen LogP contribution >= 0.6 is 0 Å². The van der Waals surface area contributed by atoms with E-state index in [2.05, 4.69) is 38.7 Å². The molecule has 0 saturated carbocycles. The van der Waals surface area contributed by atoms with Crippen molar-refractivity contribution < 1.29 is 5.11 Å². The van der Waals surface area contributed by atoms with Crippen LogP contribution in [0.3, 0.4) is 0 Å². The lowest BCUT2D eigenvalue weighted by Gasteiger charge is -2.14. The van der Waals surface area contributed by atoms with E-state index < -0.39 is 0 Å². The van der Waals surface area contributed by atoms with Crippen molar-refractivity contribution in [2.24, 2.45) is 0 Å². The van der Waals surface area contributed by atoms with Gasteiger partial charge in [-0.15, -0.1) is 0 Å². The highest BCUT2D eigenvalue weighted by atomic mass is 16.3. The summed E-state index contributed by atoms with van der Waals surface area (Å²) in [6.45, 7) is 8.59. The molecule has 0 amide bonds. The second-order valence-corrected chi connectivity index (χ2v) is 5.12. The highest BCUT2D eigenvalue weighted by molar-refractivity contribution is 5.87. The van der Waals surface area contributed by atoms with Gasteiger partial charge in [-0.2, -0.15) is 0 Å². The average molecular weight is 229 g/mol. The van der Waals surface area contributed by atoms with Gasteiger partial charge in [0.05, 0.1) is 0 Å². The van der Waals surface area contributed by atoms with Gasteiger partial charge in [0.25, 0.3) is 0 Å². The lowest BCUT2D eigenvalue weighted by molar-refractivity contribution is 0.480. The van der Waals surface area contributed by atoms with E-state index in [4.69, 9.17) is 0 Å². The number of aromatic hydroxyl groups is 1. The van der Waals surface area contributed by atoms with Crippen LogP contribution in [0.2, 0.25) is 0 Å². The quantitative estimate of drug-likeness (QED) is 0.837. The lowest BCUT2D eigenvalue weighted by Crippen LogP contribution is -1.99. The molecule has 1 aromatic heterocycles. The molecule has 0 saturated heterocycles. The maximum absolute atomic E-state index is 9.92. The first kappa shape index (κ1) is 11.9. The number of phenols is 1. The second kappa shape index (κ2) is 4.36. The van der Waals surface area contributed by atoms with Gasteiger partial charge in [-0.05, 0) is 29.5 Å². The molecule has 17 heavy (non-hydrogen) atoms. The summed E-state index contributed by atoms with van der Waals surface area (Å²) in [6, 6.07) is 7.77. The molecule has 0 aliphatic heterocycles. The topological polar surface area (TPSA) is 33.1 Å². The van der Waals surface area contributed by atoms with E-state index in [1.54, 1.807) is 6.07 Å². The molecule has 0 aliphatic carbocycles. The SMILES string of the molecule is CC(C)c1cc(C(C)C)c2cccc(O)c2n1. The van der Waals surface area contributed by atoms with Crippen LogP contribution in [0.1, 0.15) is 50.8 Å². The van der Waals surface area contributed by atoms with Gasteiger partial charge in [0, 0.05) is 11.1 Å². The Morgan fingerprint density at radius 3 is 2.35 bits per heavy atom. The predicted molar refractivity (Wildman–Crippen MR) is 71.6 cm³/mol. The largest absolute Gasteiger partial charge is 0.506 e. The lowest BCUT2D eigenvalue weighted by atomic mass is 9.95. The maximum Gasteiger partial charge on any atom is 0.141 e. The molecule has 2 aromatic rings. The van der Waals surface area contributed by atoms with Crippen molar-refractivity contribution >= 4 is 10.9 Å². The molecule has 0 atom stereocenters. The third-order valence-corrected chi connectivity index (χ3v) is 3.08. The molecule has 0 spiro atoms. The molecule has 0 unspecified atom stereocenters. The first-order valence-electron chi connectivity index (χ1n) is 6.13. The predicted octanol–water partition coefficient (Wildman–Crippen LogP) is 4.19. The molecule has 0 aliphatic rings. The summed E-state index contributed by atoms with van der Waals surface area (Å²) in [5.41, 5.74) is 3.03. The molecule has 0 bridgehead atoms. The Balaban J connectivity index is 2.81. The minimum atomic E-state index is 0.270. The Morgan fingerprint density at radius 2 is 1.76 bits per heavy atom. The van der Waals surface area contributed by atoms with Crippen LogP contribution in [0, 0.1) is 0 Å². The van der Waals surface area contributed by atoms with Crippen molar-refractivity contribution in [2.75, 3.05) is 0 Å². The first-order chi connectivity index (χ1) is 8.00. The summed E-state index contributed by atoms with van der Waals surface area (Å²) in [5.74, 6) is 1.07. The number of hydrogen-bond acceptors (Lipinski definition) is 2. The molecule has 0 fully saturated rings. The van der Waals surface area contributed by atoms with E-state index in [9.17, 15) is 5.11 Å². The van der Waals surface area contributed by atoms with Crippen LogP contribution in [-0.4, -0.2) is 10.1 Å². The van der Waals surface area contributed by atoms with Crippen molar-refractivity contribution in [3.63, 3.8) is 0 Å². The molecule has 1 aromatic carbocycles. The van der Waals surface area contributed by atoms with Crippen molar-refractivity contribution in [1.29, 1.82) is 0 Å². The van der Waals surface area contributed by atoms with E-state index in [1.165, 1.54) is 5.56 Å². The molecule has 2 rings (SSSR count). The number of nitrogens with zero attached hydrogens (tertiary/aromatic N) is 1. The van der Waals surface area contributed by atoms with Gasteiger partial charge < -0.3 is 5.11 Å². The molecule has 90 valence electrons. The molecule has 2 nitrogen and oxygen atoms in total. The van der Waals surface area contributed by atoms with E-state index >= 15 is 0 Å². The van der Waals surface area contributed by atoms with Crippen molar-refractivity contribution in [2.45, 2.75) is 39.5 Å². The Labute approximate surface area is 102 Å². The van der Waals surface area contributed by atoms with Gasteiger partial charge in [0.1, 0.15) is 11.3 Å². The Hall–Kier alpha value is -1.57. The molecule has 1 heterocycles. The molecule has 2 heteroatoms. The van der Waals surface area contributed by atoms with Crippen LogP contribution in [0.4, 0.5) is 0 Å². The minimum Gasteiger partial charge on any atom is -0.506 e. The number of pyridine rings is 1. The zero-order valence-corrected chi connectivity index (χ0v) is 10.9. The zero-order chi connectivity index (χ0) is 12.6. The third-order valence-electron chi connectivity index (χ3n) is 3.08. The monoisotopic (exact) mass is 229 g/mol. The summed E-state index contributed by atoms with van der Waals surface area (Å²) in [4.78, 5) is 4.57. The standard InChI is InChI=1S/C15H19NO/c1-9(2)12-8-13(10(3)4)16-15-11(12)6-5-7-14(15)17/h5-10,17H,1-4H3. The number of aromatic nitrogens is 1. The van der Waals surface area contributed by atoms with Gasteiger partial charge in [-0.3, -0.25) is 0 Å². The van der Waals surface area contributed by atoms with Gasteiger partial charge in [-0.1, -0.05) is 39.8 Å². The molecule has 1 N–H and O–H groups in total. The highest BCUT2D eigenvalue weighted by Gasteiger charge is 2.12. The summed E-state index contributed by atoms with van der Waals surface area (Å²) in [7, 11) is 0. The van der Waals surface area contributed by atoms with Crippen LogP contribution in [0.5, 0.6) is 5.75 Å². The normalized spacial score (nSPS) is 11.6. The van der Waals surface area contributed by atoms with Gasteiger partial charge in [0.15, 0.2) is 0 Å². The Kier molecular flexibility index (Phi) is 3.05. The number of fused-ring (bicyclic) bond motifs is 1. The van der Waals surface area contributed by atoms with E-state index in [0.29, 0.717) is 11.8 Å².